The average molecular weight is 170 g/mol. The molecule has 1 rings (SSSR count). The Morgan fingerprint density at radius 3 is 2.25 bits per heavy atom. The lowest BCUT2D eigenvalue weighted by atomic mass is 10.0. The minimum absolute atomic E-state index is 0.826. The molecule has 72 valence electrons. The summed E-state index contributed by atoms with van der Waals surface area (Å²) in [5.41, 5.74) is 0. The van der Waals surface area contributed by atoms with Gasteiger partial charge in [0.05, 0.1) is 0 Å². The lowest BCUT2D eigenvalue weighted by Gasteiger charge is -2.28. The first-order valence-corrected chi connectivity index (χ1v) is 4.92. The lowest BCUT2D eigenvalue weighted by Crippen LogP contribution is -2.36. The van der Waals surface area contributed by atoms with Crippen LogP contribution < -0.4 is 0 Å². The summed E-state index contributed by atoms with van der Waals surface area (Å²) in [5.74, 6) is 0.898. The molecule has 1 fully saturated rings. The van der Waals surface area contributed by atoms with E-state index in [1.807, 2.05) is 0 Å². The van der Waals surface area contributed by atoms with Crippen molar-refractivity contribution in [1.82, 2.24) is 9.80 Å². The van der Waals surface area contributed by atoms with E-state index in [1.165, 1.54) is 25.8 Å². The van der Waals surface area contributed by atoms with Gasteiger partial charge in [0.2, 0.25) is 0 Å². The largest absolute Gasteiger partial charge is 0.309 e. The molecule has 12 heavy (non-hydrogen) atoms. The van der Waals surface area contributed by atoms with Gasteiger partial charge in [0, 0.05) is 12.6 Å². The number of nitrogens with zero attached hydrogens (tertiary/aromatic N) is 2. The van der Waals surface area contributed by atoms with Gasteiger partial charge in [0.25, 0.3) is 0 Å². The monoisotopic (exact) mass is 170 g/mol. The normalized spacial score (nSPS) is 30.5. The molecule has 0 spiro atoms. The molecular formula is C10H22N2. The summed E-state index contributed by atoms with van der Waals surface area (Å²) in [5, 5.41) is 0. The molecular weight excluding hydrogens is 148 g/mol. The van der Waals surface area contributed by atoms with Gasteiger partial charge in [-0.15, -0.1) is 0 Å². The summed E-state index contributed by atoms with van der Waals surface area (Å²) in [6.07, 6.45) is 4.23. The molecule has 1 aliphatic carbocycles. The Bertz CT molecular complexity index is 132. The molecule has 0 saturated heterocycles. The van der Waals surface area contributed by atoms with Crippen LogP contribution >= 0.6 is 0 Å². The first-order chi connectivity index (χ1) is 5.61. The van der Waals surface area contributed by atoms with Crippen LogP contribution in [-0.2, 0) is 0 Å². The Morgan fingerprint density at radius 2 is 1.75 bits per heavy atom. The van der Waals surface area contributed by atoms with E-state index in [0.29, 0.717) is 0 Å². The van der Waals surface area contributed by atoms with E-state index >= 15 is 0 Å². The molecule has 0 heterocycles. The van der Waals surface area contributed by atoms with Crippen molar-refractivity contribution in [2.24, 2.45) is 5.92 Å². The predicted molar refractivity (Wildman–Crippen MR) is 53.4 cm³/mol. The molecule has 2 atom stereocenters. The average Bonchev–Trinajstić information content (AvgIpc) is 2.33. The van der Waals surface area contributed by atoms with Gasteiger partial charge in [-0.1, -0.05) is 6.42 Å². The first kappa shape index (κ1) is 10.0. The van der Waals surface area contributed by atoms with Crippen molar-refractivity contribution in [1.29, 1.82) is 0 Å². The molecule has 0 aromatic rings. The first-order valence-electron chi connectivity index (χ1n) is 4.92. The summed E-state index contributed by atoms with van der Waals surface area (Å²) in [4.78, 5) is 4.70. The van der Waals surface area contributed by atoms with Gasteiger partial charge < -0.3 is 9.80 Å². The fourth-order valence-electron chi connectivity index (χ4n) is 2.38. The molecule has 0 N–H and O–H groups in total. The van der Waals surface area contributed by atoms with Gasteiger partial charge >= 0.3 is 0 Å². The van der Waals surface area contributed by atoms with Crippen LogP contribution in [0.15, 0.2) is 0 Å². The van der Waals surface area contributed by atoms with Crippen molar-refractivity contribution in [3.05, 3.63) is 0 Å². The van der Waals surface area contributed by atoms with Crippen molar-refractivity contribution in [3.8, 4) is 0 Å². The van der Waals surface area contributed by atoms with E-state index in [-0.39, 0.29) is 0 Å². The number of rotatable bonds is 3. The molecule has 0 aromatic carbocycles. The summed E-state index contributed by atoms with van der Waals surface area (Å²) < 4.78 is 0. The van der Waals surface area contributed by atoms with Crippen LogP contribution in [0.2, 0.25) is 0 Å². The van der Waals surface area contributed by atoms with Crippen LogP contribution in [0.3, 0.4) is 0 Å². The smallest absolute Gasteiger partial charge is 0.0130 e. The minimum atomic E-state index is 0.826. The van der Waals surface area contributed by atoms with Gasteiger partial charge in [0.15, 0.2) is 0 Å². The molecule has 2 nitrogen and oxygen atoms in total. The van der Waals surface area contributed by atoms with E-state index in [1.54, 1.807) is 0 Å². The van der Waals surface area contributed by atoms with Crippen LogP contribution in [0.4, 0.5) is 0 Å². The fraction of sp³-hybridized carbons (Fsp3) is 1.00. The summed E-state index contributed by atoms with van der Waals surface area (Å²) in [6.45, 7) is 1.25. The van der Waals surface area contributed by atoms with Crippen LogP contribution in [0, 0.1) is 5.92 Å². The summed E-state index contributed by atoms with van der Waals surface area (Å²) in [6, 6.07) is 0.826. The van der Waals surface area contributed by atoms with Crippen molar-refractivity contribution >= 4 is 0 Å². The number of hydrogen-bond acceptors (Lipinski definition) is 2. The molecule has 0 aromatic heterocycles. The van der Waals surface area contributed by atoms with E-state index < -0.39 is 0 Å². The van der Waals surface area contributed by atoms with Gasteiger partial charge in [-0.25, -0.2) is 0 Å². The molecule has 2 unspecified atom stereocenters. The van der Waals surface area contributed by atoms with Crippen LogP contribution in [0.5, 0.6) is 0 Å². The van der Waals surface area contributed by atoms with Gasteiger partial charge in [-0.3, -0.25) is 0 Å². The van der Waals surface area contributed by atoms with E-state index in [2.05, 4.69) is 38.0 Å². The van der Waals surface area contributed by atoms with Crippen molar-refractivity contribution < 1.29 is 0 Å². The fourth-order valence-corrected chi connectivity index (χ4v) is 2.38. The molecule has 0 amide bonds. The lowest BCUT2D eigenvalue weighted by molar-refractivity contribution is 0.201. The SMILES string of the molecule is CN(C)CC1CCCC1N(C)C. The quantitative estimate of drug-likeness (QED) is 0.629. The second-order valence-electron chi connectivity index (χ2n) is 4.48. The van der Waals surface area contributed by atoms with Crippen molar-refractivity contribution in [2.75, 3.05) is 34.7 Å². The third kappa shape index (κ3) is 2.46. The molecule has 0 bridgehead atoms. The highest BCUT2D eigenvalue weighted by molar-refractivity contribution is 4.84. The topological polar surface area (TPSA) is 6.48 Å². The van der Waals surface area contributed by atoms with Crippen LogP contribution in [0.1, 0.15) is 19.3 Å². The third-order valence-corrected chi connectivity index (χ3v) is 2.88. The molecule has 0 radical (unpaired) electrons. The van der Waals surface area contributed by atoms with Gasteiger partial charge in [0.1, 0.15) is 0 Å². The maximum absolute atomic E-state index is 2.39. The molecule has 2 heteroatoms. The Morgan fingerprint density at radius 1 is 1.08 bits per heavy atom. The minimum Gasteiger partial charge on any atom is -0.309 e. The predicted octanol–water partition coefficient (Wildman–Crippen LogP) is 1.28. The summed E-state index contributed by atoms with van der Waals surface area (Å²) in [7, 11) is 8.76. The maximum Gasteiger partial charge on any atom is 0.0130 e. The van der Waals surface area contributed by atoms with E-state index in [0.717, 1.165) is 12.0 Å². The molecule has 0 aliphatic heterocycles. The van der Waals surface area contributed by atoms with E-state index in [9.17, 15) is 0 Å². The van der Waals surface area contributed by atoms with E-state index in [4.69, 9.17) is 0 Å². The van der Waals surface area contributed by atoms with Gasteiger partial charge in [-0.2, -0.15) is 0 Å². The highest BCUT2D eigenvalue weighted by Gasteiger charge is 2.28. The third-order valence-electron chi connectivity index (χ3n) is 2.88. The standard InChI is InChI=1S/C10H22N2/c1-11(2)8-9-6-5-7-10(9)12(3)4/h9-10H,5-8H2,1-4H3. The summed E-state index contributed by atoms with van der Waals surface area (Å²) >= 11 is 0. The Labute approximate surface area is 76.5 Å². The molecule has 1 aliphatic rings. The number of hydrogen-bond donors (Lipinski definition) is 0. The van der Waals surface area contributed by atoms with Gasteiger partial charge in [-0.05, 0) is 47.0 Å². The van der Waals surface area contributed by atoms with Crippen molar-refractivity contribution in [2.45, 2.75) is 25.3 Å². The van der Waals surface area contributed by atoms with Crippen LogP contribution in [-0.4, -0.2) is 50.6 Å². The Kier molecular flexibility index (Phi) is 3.53. The van der Waals surface area contributed by atoms with Crippen LogP contribution in [0.25, 0.3) is 0 Å². The zero-order valence-electron chi connectivity index (χ0n) is 8.88. The maximum atomic E-state index is 2.39. The zero-order chi connectivity index (χ0) is 9.14. The molecule has 1 saturated carbocycles. The zero-order valence-corrected chi connectivity index (χ0v) is 8.88. The second kappa shape index (κ2) is 4.24. The van der Waals surface area contributed by atoms with Crippen molar-refractivity contribution in [3.63, 3.8) is 0 Å². The highest BCUT2D eigenvalue weighted by atomic mass is 15.1. The Hall–Kier alpha value is -0.0800. The second-order valence-corrected chi connectivity index (χ2v) is 4.48. The highest BCUT2D eigenvalue weighted by Crippen LogP contribution is 2.28. The Balaban J connectivity index is 2.41.